The van der Waals surface area contributed by atoms with Crippen LogP contribution in [0.25, 0.3) is 0 Å². The van der Waals surface area contributed by atoms with Crippen molar-refractivity contribution in [3.8, 4) is 0 Å². The lowest BCUT2D eigenvalue weighted by Gasteiger charge is -2.07. The van der Waals surface area contributed by atoms with Gasteiger partial charge in [-0.05, 0) is 24.3 Å². The average Bonchev–Trinajstić information content (AvgIpc) is 2.28. The van der Waals surface area contributed by atoms with E-state index >= 15 is 0 Å². The largest absolute Gasteiger partial charge is 0.471 e. The molecule has 0 bridgehead atoms. The van der Waals surface area contributed by atoms with Crippen molar-refractivity contribution in [3.63, 3.8) is 0 Å². The molecule has 0 amide bonds. The maximum atomic E-state index is 7.35. The molecule has 1 aliphatic rings. The zero-order valence-corrected chi connectivity index (χ0v) is 7.29. The van der Waals surface area contributed by atoms with E-state index in [4.69, 9.17) is 6.11 Å². The van der Waals surface area contributed by atoms with Crippen LogP contribution in [0.5, 0.6) is 0 Å². The van der Waals surface area contributed by atoms with Gasteiger partial charge in [-0.2, -0.15) is 0 Å². The van der Waals surface area contributed by atoms with Gasteiger partial charge in [-0.3, -0.25) is 0 Å². The van der Waals surface area contributed by atoms with Crippen molar-refractivity contribution in [1.82, 2.24) is 4.98 Å². The summed E-state index contributed by atoms with van der Waals surface area (Å²) in [7, 11) is 0. The fourth-order valence-corrected chi connectivity index (χ4v) is 0.880. The molecule has 0 spiro atoms. The van der Waals surface area contributed by atoms with Gasteiger partial charge >= 0.3 is 0 Å². The molecular weight excluding hydrogens is 178 g/mol. The maximum Gasteiger partial charge on any atom is 0.227 e. The predicted molar refractivity (Wildman–Crippen MR) is 50.7 cm³/mol. The summed E-state index contributed by atoms with van der Waals surface area (Å²) < 4.78 is 12.4. The molecule has 4 heteroatoms. The first-order valence-corrected chi connectivity index (χ1v) is 4.08. The van der Waals surface area contributed by atoms with E-state index in [9.17, 15) is 0 Å². The number of rotatable bonds is 2. The predicted octanol–water partition coefficient (Wildman–Crippen LogP) is 2.39. The minimum Gasteiger partial charge on any atom is -0.471 e. The van der Waals surface area contributed by atoms with Crippen molar-refractivity contribution in [2.24, 2.45) is 10.2 Å². The Morgan fingerprint density at radius 3 is 3.43 bits per heavy atom. The second kappa shape index (κ2) is 4.32. The van der Waals surface area contributed by atoms with Crippen LogP contribution < -0.4 is 0 Å². The van der Waals surface area contributed by atoms with E-state index in [1.807, 2.05) is 0 Å². The van der Waals surface area contributed by atoms with Crippen LogP contribution in [-0.2, 0) is 4.74 Å². The minimum absolute atomic E-state index is 0.357. The molecule has 1 atom stereocenters. The summed E-state index contributed by atoms with van der Waals surface area (Å²) in [5.74, 6) is 0.399. The fraction of sp³-hybridized carbons (Fsp3) is 0.100. The standard InChI is InChI=1S/C10H8N3O/c1-3-7-11-9(5-1)12-13-10-6-2-4-8-14-10/h1-4,6-8,10H/i2D. The molecule has 0 saturated heterocycles. The number of hydrogen-bond donors (Lipinski definition) is 0. The summed E-state index contributed by atoms with van der Waals surface area (Å²) in [6.07, 6.45) is 5.58. The van der Waals surface area contributed by atoms with Crippen LogP contribution in [0.15, 0.2) is 53.0 Å². The van der Waals surface area contributed by atoms with Gasteiger partial charge in [0.2, 0.25) is 6.23 Å². The van der Waals surface area contributed by atoms with Gasteiger partial charge in [0, 0.05) is 12.3 Å². The van der Waals surface area contributed by atoms with Crippen molar-refractivity contribution in [3.05, 3.63) is 48.9 Å². The summed E-state index contributed by atoms with van der Waals surface area (Å²) in [6.45, 7) is 0. The van der Waals surface area contributed by atoms with E-state index in [2.05, 4.69) is 21.3 Å². The van der Waals surface area contributed by atoms with Crippen molar-refractivity contribution in [2.45, 2.75) is 6.23 Å². The minimum atomic E-state index is -0.544. The molecule has 2 rings (SSSR count). The van der Waals surface area contributed by atoms with Crippen LogP contribution in [-0.4, -0.2) is 11.2 Å². The van der Waals surface area contributed by atoms with Crippen LogP contribution in [0.3, 0.4) is 0 Å². The van der Waals surface area contributed by atoms with Gasteiger partial charge in [-0.15, -0.1) is 10.2 Å². The van der Waals surface area contributed by atoms with Crippen molar-refractivity contribution >= 4 is 5.82 Å². The first-order chi connectivity index (χ1) is 7.34. The smallest absolute Gasteiger partial charge is 0.227 e. The molecule has 14 heavy (non-hydrogen) atoms. The quantitative estimate of drug-likeness (QED) is 0.667. The summed E-state index contributed by atoms with van der Waals surface area (Å²) >= 11 is 0. The second-order valence-electron chi connectivity index (χ2n) is 2.48. The Kier molecular flexibility index (Phi) is 2.29. The number of hydrogen-bond acceptors (Lipinski definition) is 4. The molecule has 0 N–H and O–H groups in total. The van der Waals surface area contributed by atoms with Crippen LogP contribution in [0, 0.1) is 6.07 Å². The first kappa shape index (κ1) is 7.44. The van der Waals surface area contributed by atoms with Gasteiger partial charge in [0.15, 0.2) is 5.82 Å². The van der Waals surface area contributed by atoms with Gasteiger partial charge in [-0.25, -0.2) is 4.98 Å². The maximum absolute atomic E-state index is 7.35. The molecular formula is C10H8N3O. The second-order valence-corrected chi connectivity index (χ2v) is 2.48. The van der Waals surface area contributed by atoms with E-state index in [0.717, 1.165) is 0 Å². The third-order valence-corrected chi connectivity index (χ3v) is 1.48. The van der Waals surface area contributed by atoms with Gasteiger partial charge in [0.1, 0.15) is 0 Å². The van der Waals surface area contributed by atoms with E-state index in [-0.39, 0.29) is 0 Å². The molecule has 69 valence electrons. The lowest BCUT2D eigenvalue weighted by Crippen LogP contribution is -2.02. The SMILES string of the molecule is [2H]C1=CC(N=Nc2[c]cccn2)OC=C1. The third kappa shape index (κ3) is 2.26. The van der Waals surface area contributed by atoms with Gasteiger partial charge < -0.3 is 4.74 Å². The highest BCUT2D eigenvalue weighted by Crippen LogP contribution is 2.09. The number of azo groups is 1. The van der Waals surface area contributed by atoms with E-state index in [1.165, 1.54) is 6.26 Å². The molecule has 1 unspecified atom stereocenters. The molecule has 0 fully saturated rings. The van der Waals surface area contributed by atoms with Gasteiger partial charge in [0.05, 0.1) is 7.63 Å². The van der Waals surface area contributed by atoms with E-state index in [1.54, 1.807) is 30.5 Å². The zero-order valence-electron chi connectivity index (χ0n) is 8.29. The molecule has 1 radical (unpaired) electrons. The van der Waals surface area contributed by atoms with Crippen LogP contribution in [0.2, 0.25) is 0 Å². The number of pyridine rings is 1. The number of allylic oxidation sites excluding steroid dienone is 2. The van der Waals surface area contributed by atoms with E-state index < -0.39 is 6.23 Å². The van der Waals surface area contributed by atoms with Gasteiger partial charge in [0.25, 0.3) is 0 Å². The number of aromatic nitrogens is 1. The van der Waals surface area contributed by atoms with Crippen molar-refractivity contribution < 1.29 is 6.11 Å². The molecule has 0 aromatic carbocycles. The average molecular weight is 187 g/mol. The van der Waals surface area contributed by atoms with Crippen LogP contribution in [0.1, 0.15) is 1.37 Å². The van der Waals surface area contributed by atoms with Crippen molar-refractivity contribution in [2.75, 3.05) is 0 Å². The first-order valence-electron chi connectivity index (χ1n) is 4.58. The Labute approximate surface area is 83.1 Å². The molecule has 1 aromatic heterocycles. The molecule has 4 nitrogen and oxygen atoms in total. The number of ether oxygens (including phenoxy) is 1. The Morgan fingerprint density at radius 1 is 1.64 bits per heavy atom. The lowest BCUT2D eigenvalue weighted by molar-refractivity contribution is 0.185. The highest BCUT2D eigenvalue weighted by atomic mass is 16.5. The monoisotopic (exact) mass is 187 g/mol. The Morgan fingerprint density at radius 2 is 2.64 bits per heavy atom. The Bertz CT molecular complexity index is 414. The Hall–Kier alpha value is -1.97. The van der Waals surface area contributed by atoms with E-state index in [0.29, 0.717) is 11.9 Å². The topological polar surface area (TPSA) is 46.8 Å². The molecule has 1 aliphatic heterocycles. The summed E-state index contributed by atoms with van der Waals surface area (Å²) in [5.41, 5.74) is 0. The zero-order chi connectivity index (χ0) is 10.5. The summed E-state index contributed by atoms with van der Waals surface area (Å²) in [6, 6.07) is 6.62. The lowest BCUT2D eigenvalue weighted by atomic mass is 10.4. The van der Waals surface area contributed by atoms with Gasteiger partial charge in [-0.1, -0.05) is 6.05 Å². The fourth-order valence-electron chi connectivity index (χ4n) is 0.880. The highest BCUT2D eigenvalue weighted by molar-refractivity contribution is 5.22. The van der Waals surface area contributed by atoms with Crippen LogP contribution >= 0.6 is 0 Å². The normalized spacial score (nSPS) is 21.6. The third-order valence-electron chi connectivity index (χ3n) is 1.48. The Balaban J connectivity index is 2.04. The van der Waals surface area contributed by atoms with Crippen LogP contribution in [0.4, 0.5) is 5.82 Å². The molecule has 0 aliphatic carbocycles. The summed E-state index contributed by atoms with van der Waals surface area (Å²) in [5, 5.41) is 7.70. The van der Waals surface area contributed by atoms with Crippen molar-refractivity contribution in [1.29, 1.82) is 0 Å². The number of nitrogens with zero attached hydrogens (tertiary/aromatic N) is 3. The highest BCUT2D eigenvalue weighted by Gasteiger charge is 2.01. The summed E-state index contributed by atoms with van der Waals surface area (Å²) in [4.78, 5) is 3.93. The molecule has 0 saturated carbocycles. The molecule has 2 heterocycles. The molecule has 1 aromatic rings.